The Morgan fingerprint density at radius 2 is 1.97 bits per heavy atom. The molecular weight excluding hydrogens is 418 g/mol. The minimum Gasteiger partial charge on any atom is -0.474 e. The number of methoxy groups -OCH3 is 1. The number of hydrogen-bond acceptors (Lipinski definition) is 5. The van der Waals surface area contributed by atoms with Crippen LogP contribution in [0.2, 0.25) is 0 Å². The zero-order chi connectivity index (χ0) is 21.8. The van der Waals surface area contributed by atoms with E-state index in [1.807, 2.05) is 6.92 Å². The van der Waals surface area contributed by atoms with Crippen LogP contribution >= 0.6 is 0 Å². The molecule has 9 nitrogen and oxygen atoms in total. The lowest BCUT2D eigenvalue weighted by Crippen LogP contribution is -2.43. The van der Waals surface area contributed by atoms with E-state index in [1.165, 1.54) is 28.5 Å². The lowest BCUT2D eigenvalue weighted by Gasteiger charge is -2.32. The summed E-state index contributed by atoms with van der Waals surface area (Å²) in [6, 6.07) is 1.58. The molecule has 3 aliphatic rings. The molecule has 0 saturated heterocycles. The Hall–Kier alpha value is -2.43. The number of carbonyl (C=O) groups excluding carboxylic acids is 1. The number of rotatable bonds is 3. The van der Waals surface area contributed by atoms with E-state index in [0.717, 1.165) is 44.2 Å². The first-order chi connectivity index (χ1) is 14.8. The van der Waals surface area contributed by atoms with Gasteiger partial charge in [0.2, 0.25) is 5.88 Å². The second-order valence-corrected chi connectivity index (χ2v) is 10.5. The number of ether oxygens (including phenoxy) is 2. The molecule has 2 unspecified atom stereocenters. The van der Waals surface area contributed by atoms with Gasteiger partial charge in [0.1, 0.15) is 17.1 Å². The van der Waals surface area contributed by atoms with Crippen molar-refractivity contribution in [1.29, 1.82) is 0 Å². The van der Waals surface area contributed by atoms with Gasteiger partial charge in [-0.3, -0.25) is 0 Å². The maximum Gasteiger partial charge on any atom is 0.354 e. The molecule has 2 heterocycles. The molecule has 166 valence electrons. The summed E-state index contributed by atoms with van der Waals surface area (Å²) >= 11 is 0. The molecule has 0 saturated carbocycles. The molecule has 1 aliphatic heterocycles. The minimum absolute atomic E-state index is 0.115. The highest BCUT2D eigenvalue weighted by Gasteiger charge is 2.35. The van der Waals surface area contributed by atoms with E-state index in [1.54, 1.807) is 11.8 Å². The molecule has 2 aliphatic carbocycles. The number of urea groups is 1. The summed E-state index contributed by atoms with van der Waals surface area (Å²) in [5, 5.41) is 13.1. The number of benzene rings is 1. The first kappa shape index (κ1) is 20.5. The molecule has 2 aromatic rings. The maximum atomic E-state index is 13.2. The van der Waals surface area contributed by atoms with Crippen molar-refractivity contribution in [2.24, 2.45) is 9.50 Å². The van der Waals surface area contributed by atoms with Crippen molar-refractivity contribution < 1.29 is 18.5 Å². The SMILES string of the molecule is COC1(C)COc2c(S(N)(=O)=NC(=O)Nc3c4c(cc5c3CCC5)CCC4)cnn2C1. The molecule has 0 radical (unpaired) electrons. The molecule has 0 spiro atoms. The normalized spacial score (nSPS) is 23.3. The topological polar surface area (TPSA) is 121 Å². The van der Waals surface area contributed by atoms with Crippen molar-refractivity contribution in [3.05, 3.63) is 34.5 Å². The molecule has 0 fully saturated rings. The van der Waals surface area contributed by atoms with E-state index in [2.05, 4.69) is 20.8 Å². The van der Waals surface area contributed by atoms with Gasteiger partial charge in [0, 0.05) is 12.8 Å². The van der Waals surface area contributed by atoms with Crippen LogP contribution in [0.3, 0.4) is 0 Å². The third-order valence-corrected chi connectivity index (χ3v) is 7.84. The van der Waals surface area contributed by atoms with Gasteiger partial charge in [-0.15, -0.1) is 4.36 Å². The van der Waals surface area contributed by atoms with Crippen LogP contribution in [0.25, 0.3) is 0 Å². The Balaban J connectivity index is 1.45. The van der Waals surface area contributed by atoms with E-state index >= 15 is 0 Å². The highest BCUT2D eigenvalue weighted by atomic mass is 32.2. The standard InChI is InChI=1S/C21H27N5O4S/c1-21(29-2)11-26-19(30-12-21)17(10-23-26)31(22,28)25-20(27)24-18-15-7-3-5-13(15)9-14-6-4-8-16(14)18/h9-10H,3-8,11-12H2,1-2H3,(H3,22,24,25,27,28). The van der Waals surface area contributed by atoms with Crippen LogP contribution in [0.4, 0.5) is 10.5 Å². The van der Waals surface area contributed by atoms with E-state index in [4.69, 9.17) is 14.6 Å². The van der Waals surface area contributed by atoms with Gasteiger partial charge >= 0.3 is 6.03 Å². The second kappa shape index (κ2) is 7.32. The van der Waals surface area contributed by atoms with Crippen LogP contribution in [0.5, 0.6) is 5.88 Å². The molecule has 5 rings (SSSR count). The van der Waals surface area contributed by atoms with Crippen molar-refractivity contribution in [2.75, 3.05) is 19.0 Å². The molecular formula is C21H27N5O4S. The summed E-state index contributed by atoms with van der Waals surface area (Å²) < 4.78 is 29.8. The number of hydrogen-bond donors (Lipinski definition) is 2. The molecule has 0 bridgehead atoms. The van der Waals surface area contributed by atoms with Gasteiger partial charge in [-0.05, 0) is 67.7 Å². The Morgan fingerprint density at radius 1 is 1.29 bits per heavy atom. The van der Waals surface area contributed by atoms with Gasteiger partial charge in [0.05, 0.1) is 12.7 Å². The van der Waals surface area contributed by atoms with E-state index < -0.39 is 21.5 Å². The monoisotopic (exact) mass is 445 g/mol. The van der Waals surface area contributed by atoms with Crippen LogP contribution in [0, 0.1) is 0 Å². The first-order valence-corrected chi connectivity index (χ1v) is 12.1. The highest BCUT2D eigenvalue weighted by Crippen LogP contribution is 2.39. The van der Waals surface area contributed by atoms with Crippen LogP contribution in [-0.4, -0.2) is 39.3 Å². The molecule has 31 heavy (non-hydrogen) atoms. The van der Waals surface area contributed by atoms with E-state index in [-0.39, 0.29) is 17.4 Å². The Kier molecular flexibility index (Phi) is 4.83. The number of anilines is 1. The molecule has 2 atom stereocenters. The predicted octanol–water partition coefficient (Wildman–Crippen LogP) is 2.59. The van der Waals surface area contributed by atoms with E-state index in [0.29, 0.717) is 6.54 Å². The summed E-state index contributed by atoms with van der Waals surface area (Å²) in [6.07, 6.45) is 7.41. The third-order valence-electron chi connectivity index (χ3n) is 6.49. The van der Waals surface area contributed by atoms with Gasteiger partial charge in [-0.2, -0.15) is 5.10 Å². The molecule has 2 amide bonds. The predicted molar refractivity (Wildman–Crippen MR) is 116 cm³/mol. The van der Waals surface area contributed by atoms with Crippen molar-refractivity contribution in [3.63, 3.8) is 0 Å². The molecule has 10 heteroatoms. The van der Waals surface area contributed by atoms with Crippen molar-refractivity contribution in [1.82, 2.24) is 9.78 Å². The van der Waals surface area contributed by atoms with Gasteiger partial charge in [0.25, 0.3) is 0 Å². The maximum absolute atomic E-state index is 13.2. The van der Waals surface area contributed by atoms with Gasteiger partial charge < -0.3 is 14.8 Å². The summed E-state index contributed by atoms with van der Waals surface area (Å²) in [5.74, 6) is 0.264. The summed E-state index contributed by atoms with van der Waals surface area (Å²) in [5.41, 5.74) is 5.25. The fourth-order valence-electron chi connectivity index (χ4n) is 4.79. The van der Waals surface area contributed by atoms with Crippen molar-refractivity contribution in [2.45, 2.75) is 62.5 Å². The molecule has 1 aromatic heterocycles. The summed E-state index contributed by atoms with van der Waals surface area (Å²) in [6.45, 7) is 2.57. The number of amides is 2. The number of aryl methyl sites for hydroxylation is 2. The van der Waals surface area contributed by atoms with Crippen LogP contribution < -0.4 is 15.2 Å². The average molecular weight is 446 g/mol. The highest BCUT2D eigenvalue weighted by molar-refractivity contribution is 7.91. The summed E-state index contributed by atoms with van der Waals surface area (Å²) in [4.78, 5) is 12.9. The minimum atomic E-state index is -3.54. The van der Waals surface area contributed by atoms with Crippen LogP contribution in [0.15, 0.2) is 21.5 Å². The lowest BCUT2D eigenvalue weighted by atomic mass is 9.99. The van der Waals surface area contributed by atoms with Gasteiger partial charge in [0.15, 0.2) is 9.92 Å². The number of carbonyl (C=O) groups is 1. The van der Waals surface area contributed by atoms with Crippen LogP contribution in [0.1, 0.15) is 42.0 Å². The number of aromatic nitrogens is 2. The smallest absolute Gasteiger partial charge is 0.354 e. The molecule has 1 aromatic carbocycles. The fraction of sp³-hybridized carbons (Fsp3) is 0.524. The number of nitrogens with two attached hydrogens (primary N) is 1. The largest absolute Gasteiger partial charge is 0.474 e. The first-order valence-electron chi connectivity index (χ1n) is 10.6. The third kappa shape index (κ3) is 3.52. The number of nitrogens with zero attached hydrogens (tertiary/aromatic N) is 3. The zero-order valence-corrected chi connectivity index (χ0v) is 18.6. The van der Waals surface area contributed by atoms with Gasteiger partial charge in [-0.1, -0.05) is 6.07 Å². The zero-order valence-electron chi connectivity index (χ0n) is 17.8. The van der Waals surface area contributed by atoms with E-state index in [9.17, 15) is 9.00 Å². The van der Waals surface area contributed by atoms with Crippen molar-refractivity contribution >= 4 is 21.6 Å². The fourth-order valence-corrected chi connectivity index (χ4v) is 5.80. The second-order valence-electron chi connectivity index (χ2n) is 8.74. The number of fused-ring (bicyclic) bond motifs is 3. The van der Waals surface area contributed by atoms with Crippen LogP contribution in [-0.2, 0) is 46.9 Å². The Labute approximate surface area is 181 Å². The van der Waals surface area contributed by atoms with Gasteiger partial charge in [-0.25, -0.2) is 18.8 Å². The van der Waals surface area contributed by atoms with Crippen molar-refractivity contribution in [3.8, 4) is 5.88 Å². The Bertz CT molecular complexity index is 1160. The molecule has 3 N–H and O–H groups in total. The summed E-state index contributed by atoms with van der Waals surface area (Å²) in [7, 11) is -1.94. The quantitative estimate of drug-likeness (QED) is 0.752. The average Bonchev–Trinajstić information content (AvgIpc) is 3.46. The lowest BCUT2D eigenvalue weighted by molar-refractivity contribution is -0.0654. The number of nitrogens with one attached hydrogen (secondary N) is 1. The Morgan fingerprint density at radius 3 is 2.61 bits per heavy atom.